The molecule has 1 aliphatic carbocycles. The highest BCUT2D eigenvalue weighted by atomic mass is 79.9. The number of benzene rings is 1. The summed E-state index contributed by atoms with van der Waals surface area (Å²) in [4.78, 5) is 44.6. The van der Waals surface area contributed by atoms with Gasteiger partial charge in [0.05, 0.1) is 18.1 Å². The van der Waals surface area contributed by atoms with Crippen LogP contribution in [-0.2, 0) is 9.59 Å². The number of methoxy groups -OCH3 is 1. The Kier molecular flexibility index (Phi) is 7.47. The number of pyridine rings is 1. The standard InChI is InChI=1S/C27H31BrN4O6/c1-37-21-9-8-19-18(22(21)28)10-12-29-24(19)38-17-13-20-23(33)31-27(25(34)35)14-16(27)7-5-3-2-4-6-11-30-26(36)32(20)15-17/h5,7-10,12,16-17,20H,2-4,6,11,13-15H2,1H3,(H,30,36)(H,31,33)(H,34,35)/t16-,17-,20+,27-/m1/s1. The molecule has 1 saturated carbocycles. The highest BCUT2D eigenvalue weighted by molar-refractivity contribution is 9.10. The molecule has 3 amide bonds. The van der Waals surface area contributed by atoms with Gasteiger partial charge in [-0.2, -0.15) is 0 Å². The number of carbonyl (C=O) groups excluding carboxylic acids is 2. The number of aromatic nitrogens is 1. The predicted octanol–water partition coefficient (Wildman–Crippen LogP) is 3.63. The Morgan fingerprint density at radius 3 is 2.84 bits per heavy atom. The average molecular weight is 587 g/mol. The maximum Gasteiger partial charge on any atom is 0.330 e. The molecule has 0 bridgehead atoms. The predicted molar refractivity (Wildman–Crippen MR) is 143 cm³/mol. The summed E-state index contributed by atoms with van der Waals surface area (Å²) in [5, 5.41) is 17.2. The van der Waals surface area contributed by atoms with Crippen LogP contribution in [0.25, 0.3) is 10.8 Å². The molecule has 0 unspecified atom stereocenters. The van der Waals surface area contributed by atoms with Crippen molar-refractivity contribution < 1.29 is 29.0 Å². The summed E-state index contributed by atoms with van der Waals surface area (Å²) in [5.74, 6) is -0.755. The SMILES string of the molecule is COc1ccc2c(O[C@@H]3C[C@H]4C(=O)N[C@]5(C(=O)O)C[C@H]5C=CCCCCCNC(=O)N4C3)nccc2c1Br. The molecule has 5 rings (SSSR count). The van der Waals surface area contributed by atoms with Crippen LogP contribution in [0.2, 0.25) is 0 Å². The molecule has 10 nitrogen and oxygen atoms in total. The Morgan fingerprint density at radius 1 is 1.21 bits per heavy atom. The molecule has 38 heavy (non-hydrogen) atoms. The number of carboxylic acid groups (broad SMARTS) is 1. The first kappa shape index (κ1) is 26.3. The molecule has 3 heterocycles. The van der Waals surface area contributed by atoms with Gasteiger partial charge in [-0.15, -0.1) is 0 Å². The minimum atomic E-state index is -1.34. The topological polar surface area (TPSA) is 130 Å². The summed E-state index contributed by atoms with van der Waals surface area (Å²) in [6.45, 7) is 0.671. The smallest absolute Gasteiger partial charge is 0.330 e. The summed E-state index contributed by atoms with van der Waals surface area (Å²) < 4.78 is 12.4. The molecular formula is C27H31BrN4O6. The van der Waals surface area contributed by atoms with E-state index in [1.165, 1.54) is 4.90 Å². The molecule has 2 aliphatic heterocycles. The lowest BCUT2D eigenvalue weighted by Gasteiger charge is -2.25. The Labute approximate surface area is 228 Å². The van der Waals surface area contributed by atoms with E-state index in [0.29, 0.717) is 24.6 Å². The van der Waals surface area contributed by atoms with Crippen molar-refractivity contribution in [3.8, 4) is 11.6 Å². The maximum atomic E-state index is 13.4. The molecule has 2 fully saturated rings. The molecule has 3 aliphatic rings. The van der Waals surface area contributed by atoms with Crippen LogP contribution >= 0.6 is 15.9 Å². The van der Waals surface area contributed by atoms with Gasteiger partial charge < -0.3 is 30.1 Å². The van der Waals surface area contributed by atoms with Crippen molar-refractivity contribution in [3.63, 3.8) is 0 Å². The van der Waals surface area contributed by atoms with E-state index in [1.807, 2.05) is 30.4 Å². The van der Waals surface area contributed by atoms with Crippen LogP contribution in [0.1, 0.15) is 38.5 Å². The Morgan fingerprint density at radius 2 is 2.05 bits per heavy atom. The van der Waals surface area contributed by atoms with Crippen molar-refractivity contribution in [2.75, 3.05) is 20.2 Å². The fourth-order valence-electron chi connectivity index (χ4n) is 5.32. The zero-order chi connectivity index (χ0) is 26.9. The lowest BCUT2D eigenvalue weighted by atomic mass is 10.1. The molecule has 1 aromatic heterocycles. The Hall–Kier alpha value is -3.34. The van der Waals surface area contributed by atoms with Gasteiger partial charge in [0.15, 0.2) is 0 Å². The molecule has 0 spiro atoms. The van der Waals surface area contributed by atoms with Crippen LogP contribution in [0.3, 0.4) is 0 Å². The molecule has 1 saturated heterocycles. The number of nitrogens with zero attached hydrogens (tertiary/aromatic N) is 2. The number of rotatable bonds is 4. The number of hydrogen-bond donors (Lipinski definition) is 3. The lowest BCUT2D eigenvalue weighted by molar-refractivity contribution is -0.144. The lowest BCUT2D eigenvalue weighted by Crippen LogP contribution is -2.54. The molecule has 0 radical (unpaired) electrons. The monoisotopic (exact) mass is 586 g/mol. The van der Waals surface area contributed by atoms with E-state index in [2.05, 4.69) is 31.5 Å². The van der Waals surface area contributed by atoms with Crippen LogP contribution in [0.5, 0.6) is 11.6 Å². The van der Waals surface area contributed by atoms with Gasteiger partial charge in [0, 0.05) is 35.9 Å². The molecule has 1 aromatic carbocycles. The summed E-state index contributed by atoms with van der Waals surface area (Å²) in [6.07, 6.45) is 9.13. The zero-order valence-electron chi connectivity index (χ0n) is 21.1. The van der Waals surface area contributed by atoms with Crippen LogP contribution < -0.4 is 20.1 Å². The van der Waals surface area contributed by atoms with E-state index in [4.69, 9.17) is 9.47 Å². The van der Waals surface area contributed by atoms with Crippen LogP contribution in [0, 0.1) is 5.92 Å². The number of fused-ring (bicyclic) bond motifs is 3. The minimum absolute atomic E-state index is 0.169. The van der Waals surface area contributed by atoms with E-state index in [-0.39, 0.29) is 24.9 Å². The van der Waals surface area contributed by atoms with Gasteiger partial charge in [0.2, 0.25) is 11.8 Å². The molecule has 202 valence electrons. The van der Waals surface area contributed by atoms with Gasteiger partial charge in [-0.1, -0.05) is 18.6 Å². The van der Waals surface area contributed by atoms with E-state index >= 15 is 0 Å². The zero-order valence-corrected chi connectivity index (χ0v) is 22.7. The van der Waals surface area contributed by atoms with Gasteiger partial charge in [0.25, 0.3) is 0 Å². The average Bonchev–Trinajstić information content (AvgIpc) is 3.43. The molecule has 4 atom stereocenters. The van der Waals surface area contributed by atoms with Gasteiger partial charge in [-0.3, -0.25) is 4.79 Å². The van der Waals surface area contributed by atoms with Gasteiger partial charge in [0.1, 0.15) is 23.4 Å². The van der Waals surface area contributed by atoms with Crippen molar-refractivity contribution in [1.82, 2.24) is 20.5 Å². The van der Waals surface area contributed by atoms with Gasteiger partial charge >= 0.3 is 12.0 Å². The van der Waals surface area contributed by atoms with E-state index in [0.717, 1.165) is 40.9 Å². The first-order valence-corrected chi connectivity index (χ1v) is 13.7. The number of aliphatic carboxylic acids is 1. The first-order chi connectivity index (χ1) is 18.3. The van der Waals surface area contributed by atoms with E-state index in [1.54, 1.807) is 13.3 Å². The molecule has 11 heteroatoms. The number of allylic oxidation sites excluding steroid dienone is 1. The third kappa shape index (κ3) is 5.03. The van der Waals surface area contributed by atoms with Crippen molar-refractivity contribution >= 4 is 44.6 Å². The number of amides is 3. The second kappa shape index (κ2) is 10.8. The first-order valence-electron chi connectivity index (χ1n) is 12.9. The van der Waals surface area contributed by atoms with Gasteiger partial charge in [-0.05, 0) is 59.8 Å². The van der Waals surface area contributed by atoms with E-state index < -0.39 is 29.6 Å². The number of carbonyl (C=O) groups is 3. The van der Waals surface area contributed by atoms with Crippen LogP contribution in [0.15, 0.2) is 41.0 Å². The largest absolute Gasteiger partial charge is 0.496 e. The number of urea groups is 1. The summed E-state index contributed by atoms with van der Waals surface area (Å²) in [6, 6.07) is 4.28. The second-order valence-corrected chi connectivity index (χ2v) is 10.8. The van der Waals surface area contributed by atoms with E-state index in [9.17, 15) is 19.5 Å². The minimum Gasteiger partial charge on any atom is -0.496 e. The maximum absolute atomic E-state index is 13.4. The quantitative estimate of drug-likeness (QED) is 0.466. The number of carboxylic acids is 1. The summed E-state index contributed by atoms with van der Waals surface area (Å²) in [5.41, 5.74) is -1.34. The second-order valence-electron chi connectivity index (χ2n) is 10.0. The molecular weight excluding hydrogens is 556 g/mol. The number of nitrogens with one attached hydrogen (secondary N) is 2. The highest BCUT2D eigenvalue weighted by Gasteiger charge is 2.61. The number of hydrogen-bond acceptors (Lipinski definition) is 6. The van der Waals surface area contributed by atoms with Crippen molar-refractivity contribution in [2.24, 2.45) is 5.92 Å². The summed E-state index contributed by atoms with van der Waals surface area (Å²) >= 11 is 3.57. The number of ether oxygens (including phenoxy) is 2. The van der Waals surface area contributed by atoms with Crippen LogP contribution in [-0.4, -0.2) is 70.8 Å². The highest BCUT2D eigenvalue weighted by Crippen LogP contribution is 2.45. The summed E-state index contributed by atoms with van der Waals surface area (Å²) in [7, 11) is 1.59. The van der Waals surface area contributed by atoms with Gasteiger partial charge in [-0.25, -0.2) is 14.6 Å². The van der Waals surface area contributed by atoms with Crippen molar-refractivity contribution in [2.45, 2.75) is 56.2 Å². The van der Waals surface area contributed by atoms with Crippen molar-refractivity contribution in [1.29, 1.82) is 0 Å². The fourth-order valence-corrected chi connectivity index (χ4v) is 5.96. The third-order valence-corrected chi connectivity index (χ3v) is 8.38. The molecule has 3 N–H and O–H groups in total. The fraction of sp³-hybridized carbons (Fsp3) is 0.481. The Bertz CT molecular complexity index is 1290. The third-order valence-electron chi connectivity index (χ3n) is 7.57. The van der Waals surface area contributed by atoms with Crippen molar-refractivity contribution in [3.05, 3.63) is 41.0 Å². The Balaban J connectivity index is 1.39. The van der Waals surface area contributed by atoms with Crippen LogP contribution in [0.4, 0.5) is 4.79 Å². The number of halogens is 1. The molecule has 2 aromatic rings. The normalized spacial score (nSPS) is 27.8.